The van der Waals surface area contributed by atoms with Gasteiger partial charge in [-0.3, -0.25) is 0 Å². The summed E-state index contributed by atoms with van der Waals surface area (Å²) < 4.78 is 4.76. The molecule has 104 valence electrons. The number of hydrogen-bond acceptors (Lipinski definition) is 3. The van der Waals surface area contributed by atoms with Crippen LogP contribution in [0.4, 0.5) is 0 Å². The summed E-state index contributed by atoms with van der Waals surface area (Å²) >= 11 is 0. The standard InChI is InChI=1S/C17H20N2O/c1-13-16(19-20-18-13)12-15(10-11-17(2,3)4)14-8-6-5-7-9-14/h5-12H,1-4H3/b11-10+,15-12-. The van der Waals surface area contributed by atoms with Gasteiger partial charge in [0, 0.05) is 0 Å². The predicted octanol–water partition coefficient (Wildman–Crippen LogP) is 4.52. The second kappa shape index (κ2) is 5.87. The number of nitrogens with zero attached hydrogens (tertiary/aromatic N) is 2. The lowest BCUT2D eigenvalue weighted by Gasteiger charge is -2.12. The molecule has 0 atom stereocenters. The molecule has 3 nitrogen and oxygen atoms in total. The first kappa shape index (κ1) is 14.3. The van der Waals surface area contributed by atoms with Gasteiger partial charge in [0.15, 0.2) is 0 Å². The van der Waals surface area contributed by atoms with Gasteiger partial charge in [-0.1, -0.05) is 73.6 Å². The molecule has 2 rings (SSSR count). The molecule has 0 N–H and O–H groups in total. The van der Waals surface area contributed by atoms with Gasteiger partial charge in [0.1, 0.15) is 11.4 Å². The first-order valence-corrected chi connectivity index (χ1v) is 6.71. The van der Waals surface area contributed by atoms with Crippen molar-refractivity contribution in [3.8, 4) is 0 Å². The fourth-order valence-corrected chi connectivity index (χ4v) is 1.71. The summed E-state index contributed by atoms with van der Waals surface area (Å²) in [5, 5.41) is 7.75. The maximum Gasteiger partial charge on any atom is 0.131 e. The molecule has 0 spiro atoms. The summed E-state index contributed by atoms with van der Waals surface area (Å²) in [6.45, 7) is 8.41. The van der Waals surface area contributed by atoms with Crippen LogP contribution in [0.2, 0.25) is 0 Å². The van der Waals surface area contributed by atoms with Crippen LogP contribution in [-0.4, -0.2) is 10.3 Å². The van der Waals surface area contributed by atoms with Crippen LogP contribution in [0, 0.1) is 12.3 Å². The Morgan fingerprint density at radius 2 is 1.80 bits per heavy atom. The molecule has 2 aromatic rings. The molecular weight excluding hydrogens is 248 g/mol. The van der Waals surface area contributed by atoms with Gasteiger partial charge in [-0.05, 0) is 29.6 Å². The van der Waals surface area contributed by atoms with E-state index in [0.717, 1.165) is 22.5 Å². The first-order valence-electron chi connectivity index (χ1n) is 6.71. The lowest BCUT2D eigenvalue weighted by atomic mass is 9.93. The monoisotopic (exact) mass is 268 g/mol. The van der Waals surface area contributed by atoms with Crippen LogP contribution in [0.5, 0.6) is 0 Å². The second-order valence-electron chi connectivity index (χ2n) is 5.90. The van der Waals surface area contributed by atoms with Gasteiger partial charge in [-0.2, -0.15) is 0 Å². The minimum absolute atomic E-state index is 0.130. The van der Waals surface area contributed by atoms with Crippen molar-refractivity contribution in [3.63, 3.8) is 0 Å². The van der Waals surface area contributed by atoms with Crippen molar-refractivity contribution >= 4 is 11.6 Å². The van der Waals surface area contributed by atoms with Gasteiger partial charge in [0.25, 0.3) is 0 Å². The van der Waals surface area contributed by atoms with Gasteiger partial charge < -0.3 is 0 Å². The first-order chi connectivity index (χ1) is 9.46. The molecule has 0 aliphatic rings. The zero-order valence-corrected chi connectivity index (χ0v) is 12.4. The number of benzene rings is 1. The lowest BCUT2D eigenvalue weighted by molar-refractivity contribution is 0.304. The Morgan fingerprint density at radius 1 is 1.10 bits per heavy atom. The highest BCUT2D eigenvalue weighted by Gasteiger charge is 2.07. The van der Waals surface area contributed by atoms with E-state index in [2.05, 4.69) is 55.4 Å². The molecule has 0 aliphatic heterocycles. The largest absolute Gasteiger partial charge is 0.244 e. The molecule has 1 heterocycles. The molecule has 0 saturated carbocycles. The van der Waals surface area contributed by atoms with E-state index in [1.54, 1.807) is 0 Å². The summed E-state index contributed by atoms with van der Waals surface area (Å²) in [7, 11) is 0. The fraction of sp³-hybridized carbons (Fsp3) is 0.294. The van der Waals surface area contributed by atoms with Crippen LogP contribution < -0.4 is 0 Å². The molecule has 20 heavy (non-hydrogen) atoms. The quantitative estimate of drug-likeness (QED) is 0.768. The van der Waals surface area contributed by atoms with Crippen LogP contribution >= 0.6 is 0 Å². The third-order valence-corrected chi connectivity index (χ3v) is 2.85. The highest BCUT2D eigenvalue weighted by Crippen LogP contribution is 2.23. The van der Waals surface area contributed by atoms with Crippen molar-refractivity contribution in [2.45, 2.75) is 27.7 Å². The lowest BCUT2D eigenvalue weighted by Crippen LogP contribution is -1.98. The molecule has 0 radical (unpaired) electrons. The zero-order valence-electron chi connectivity index (χ0n) is 12.4. The van der Waals surface area contributed by atoms with Crippen molar-refractivity contribution in [1.82, 2.24) is 10.3 Å². The topological polar surface area (TPSA) is 38.9 Å². The van der Waals surface area contributed by atoms with Crippen LogP contribution in [0.3, 0.4) is 0 Å². The second-order valence-corrected chi connectivity index (χ2v) is 5.90. The summed E-state index contributed by atoms with van der Waals surface area (Å²) in [4.78, 5) is 0. The Labute approximate surface area is 120 Å². The Hall–Kier alpha value is -2.16. The van der Waals surface area contributed by atoms with E-state index in [9.17, 15) is 0 Å². The van der Waals surface area contributed by atoms with Crippen LogP contribution in [0.1, 0.15) is 37.7 Å². The Kier molecular flexibility index (Phi) is 4.18. The van der Waals surface area contributed by atoms with Crippen LogP contribution in [0.25, 0.3) is 11.6 Å². The molecule has 0 amide bonds. The minimum Gasteiger partial charge on any atom is -0.244 e. The van der Waals surface area contributed by atoms with Gasteiger partial charge in [0.05, 0.1) is 0 Å². The SMILES string of the molecule is Cc1nonc1/C=C(/C=C/C(C)(C)C)c1ccccc1. The molecule has 0 fully saturated rings. The molecule has 3 heteroatoms. The van der Waals surface area contributed by atoms with Crippen molar-refractivity contribution < 1.29 is 4.63 Å². The Morgan fingerprint density at radius 3 is 2.35 bits per heavy atom. The van der Waals surface area contributed by atoms with E-state index in [1.807, 2.05) is 31.2 Å². The maximum atomic E-state index is 4.76. The fourth-order valence-electron chi connectivity index (χ4n) is 1.71. The molecule has 0 saturated heterocycles. The van der Waals surface area contributed by atoms with E-state index < -0.39 is 0 Å². The maximum absolute atomic E-state index is 4.76. The van der Waals surface area contributed by atoms with E-state index in [-0.39, 0.29) is 5.41 Å². The minimum atomic E-state index is 0.130. The van der Waals surface area contributed by atoms with Gasteiger partial charge in [0.2, 0.25) is 0 Å². The van der Waals surface area contributed by atoms with Crippen LogP contribution in [0.15, 0.2) is 47.1 Å². The highest BCUT2D eigenvalue weighted by atomic mass is 16.6. The van der Waals surface area contributed by atoms with Crippen molar-refractivity contribution in [3.05, 3.63) is 59.4 Å². The number of allylic oxidation sites excluding steroid dienone is 3. The number of hydrogen-bond donors (Lipinski definition) is 0. The van der Waals surface area contributed by atoms with Crippen molar-refractivity contribution in [2.75, 3.05) is 0 Å². The highest BCUT2D eigenvalue weighted by molar-refractivity contribution is 5.87. The summed E-state index contributed by atoms with van der Waals surface area (Å²) in [5.41, 5.74) is 3.94. The third kappa shape index (κ3) is 3.92. The third-order valence-electron chi connectivity index (χ3n) is 2.85. The number of rotatable bonds is 3. The van der Waals surface area contributed by atoms with Gasteiger partial charge in [-0.25, -0.2) is 4.63 Å². The van der Waals surface area contributed by atoms with E-state index in [0.29, 0.717) is 0 Å². The number of aromatic nitrogens is 2. The predicted molar refractivity (Wildman–Crippen MR) is 81.9 cm³/mol. The smallest absolute Gasteiger partial charge is 0.131 e. The van der Waals surface area contributed by atoms with E-state index in [4.69, 9.17) is 4.63 Å². The van der Waals surface area contributed by atoms with Crippen LogP contribution in [-0.2, 0) is 0 Å². The van der Waals surface area contributed by atoms with E-state index >= 15 is 0 Å². The average molecular weight is 268 g/mol. The van der Waals surface area contributed by atoms with Crippen molar-refractivity contribution in [2.24, 2.45) is 5.41 Å². The molecule has 0 unspecified atom stereocenters. The van der Waals surface area contributed by atoms with Gasteiger partial charge in [-0.15, -0.1) is 0 Å². The zero-order chi connectivity index (χ0) is 14.6. The Balaban J connectivity index is 2.43. The normalized spacial score (nSPS) is 13.1. The molecule has 1 aromatic heterocycles. The molecule has 0 aliphatic carbocycles. The molecular formula is C17H20N2O. The summed E-state index contributed by atoms with van der Waals surface area (Å²) in [6, 6.07) is 10.2. The van der Waals surface area contributed by atoms with Gasteiger partial charge >= 0.3 is 0 Å². The Bertz CT molecular complexity index is 616. The van der Waals surface area contributed by atoms with E-state index in [1.165, 1.54) is 0 Å². The molecule has 1 aromatic carbocycles. The van der Waals surface area contributed by atoms with Crippen molar-refractivity contribution in [1.29, 1.82) is 0 Å². The molecule has 0 bridgehead atoms. The number of aryl methyl sites for hydroxylation is 1. The average Bonchev–Trinajstić information content (AvgIpc) is 2.80. The summed E-state index contributed by atoms with van der Waals surface area (Å²) in [5.74, 6) is 0. The summed E-state index contributed by atoms with van der Waals surface area (Å²) in [6.07, 6.45) is 6.32.